The summed E-state index contributed by atoms with van der Waals surface area (Å²) in [5.41, 5.74) is 1.03. The molecule has 0 atom stereocenters. The summed E-state index contributed by atoms with van der Waals surface area (Å²) in [7, 11) is -7.78. The minimum absolute atomic E-state index is 0. The molecule has 37 heavy (non-hydrogen) atoms. The monoisotopic (exact) mass is 559 g/mol. The number of phenols is 1. The van der Waals surface area contributed by atoms with E-state index in [2.05, 4.69) is 15.5 Å². The summed E-state index contributed by atoms with van der Waals surface area (Å²) in [6, 6.07) is 15.5. The molecule has 6 N–H and O–H groups in total. The van der Waals surface area contributed by atoms with Gasteiger partial charge in [0, 0.05) is 17.6 Å². The Kier molecular flexibility index (Phi) is 17.4. The summed E-state index contributed by atoms with van der Waals surface area (Å²) in [5, 5.41) is 23.1. The Hall–Kier alpha value is -2.74. The molecule has 3 rings (SSSR count). The maximum atomic E-state index is 10.8. The summed E-state index contributed by atoms with van der Waals surface area (Å²) in [6.45, 7) is 10.7. The summed E-state index contributed by atoms with van der Waals surface area (Å²) in [6.07, 6.45) is 1.61. The lowest BCUT2D eigenvalue weighted by Crippen LogP contribution is -2.01. The second-order valence-corrected chi connectivity index (χ2v) is 9.63. The average molecular weight is 560 g/mol. The minimum Gasteiger partial charge on any atom is -0.505 e. The lowest BCUT2D eigenvalue weighted by Gasteiger charge is -2.22. The van der Waals surface area contributed by atoms with Crippen molar-refractivity contribution >= 4 is 48.8 Å². The number of rotatable bonds is 6. The van der Waals surface area contributed by atoms with Gasteiger partial charge in [0.2, 0.25) is 0 Å². The van der Waals surface area contributed by atoms with Gasteiger partial charge in [0.05, 0.1) is 16.8 Å². The predicted molar refractivity (Wildman–Crippen MR) is 156 cm³/mol. The predicted octanol–water partition coefficient (Wildman–Crippen LogP) is 8.56. The van der Waals surface area contributed by atoms with Crippen molar-refractivity contribution in [1.29, 1.82) is 0 Å². The van der Waals surface area contributed by atoms with E-state index in [0.717, 1.165) is 6.42 Å². The molecule has 10 nitrogen and oxygen atoms in total. The molecule has 0 heterocycles. The van der Waals surface area contributed by atoms with Crippen LogP contribution < -0.4 is 5.32 Å². The summed E-state index contributed by atoms with van der Waals surface area (Å²) in [5.74, 6) is -0.282. The van der Waals surface area contributed by atoms with Gasteiger partial charge < -0.3 is 24.1 Å². The molecule has 12 heteroatoms. The second-order valence-electron chi connectivity index (χ2n) is 6.69. The van der Waals surface area contributed by atoms with Crippen LogP contribution in [0, 0.1) is 0 Å². The fourth-order valence-corrected chi connectivity index (χ4v) is 3.40. The number of benzene rings is 3. The highest BCUT2D eigenvalue weighted by atomic mass is 32.3. The van der Waals surface area contributed by atoms with Crippen LogP contribution in [-0.2, 0) is 10.1 Å². The second kappa shape index (κ2) is 17.7. The number of phenolic OH excluding ortho intramolecular Hbond substituents is 1. The molecule has 3 aromatic carbocycles. The first-order valence-electron chi connectivity index (χ1n) is 11.3. The van der Waals surface area contributed by atoms with Gasteiger partial charge in [-0.1, -0.05) is 72.4 Å². The van der Waals surface area contributed by atoms with E-state index in [1.807, 2.05) is 46.8 Å². The lowest BCUT2D eigenvalue weighted by molar-refractivity contribution is 0.375. The minimum atomic E-state index is -4.12. The number of nitrogens with zero attached hydrogens (tertiary/aromatic N) is 2. The molecule has 0 aliphatic heterocycles. The first-order valence-corrected chi connectivity index (χ1v) is 14.7. The van der Waals surface area contributed by atoms with E-state index < -0.39 is 21.0 Å². The van der Waals surface area contributed by atoms with Gasteiger partial charge in [0.15, 0.2) is 5.75 Å². The molecule has 3 aromatic rings. The van der Waals surface area contributed by atoms with E-state index in [9.17, 15) is 27.2 Å². The summed E-state index contributed by atoms with van der Waals surface area (Å²) >= 11 is 0. The van der Waals surface area contributed by atoms with Gasteiger partial charge in [0.25, 0.3) is 10.1 Å². The van der Waals surface area contributed by atoms with Crippen LogP contribution in [0.5, 0.6) is 5.75 Å². The normalized spacial score (nSPS) is 11.1. The molecular formula is C25H41N3O7S2. The Morgan fingerprint density at radius 2 is 1.41 bits per heavy atom. The van der Waals surface area contributed by atoms with Crippen molar-refractivity contribution in [2.24, 2.45) is 10.2 Å². The standard InChI is InChI=1S/C19H21N3O4S.2C2H6.CH4O3S.CH4/c1-2-11-20-15-10-6-7-13-12-16(27(24,25)26)18(19(23)17(13)15)22-21-14-8-4-3-5-9-14;2*1-2;1-5(2,3)4;/h3-10,12,20,23-26H,2,11H2,1H3;2*1-2H3;1H3,(H,2,3,4);1H4. The van der Waals surface area contributed by atoms with Crippen LogP contribution in [0.2, 0.25) is 0 Å². The number of nitrogens with one attached hydrogen (secondary N) is 1. The van der Waals surface area contributed by atoms with E-state index in [1.54, 1.807) is 36.4 Å². The first-order chi connectivity index (χ1) is 16.9. The van der Waals surface area contributed by atoms with Gasteiger partial charge in [-0.3, -0.25) is 4.55 Å². The van der Waals surface area contributed by atoms with E-state index >= 15 is 0 Å². The van der Waals surface area contributed by atoms with Crippen molar-refractivity contribution in [3.05, 3.63) is 54.6 Å². The van der Waals surface area contributed by atoms with Gasteiger partial charge in [0.1, 0.15) is 16.6 Å². The van der Waals surface area contributed by atoms with Crippen molar-refractivity contribution in [2.45, 2.75) is 53.4 Å². The van der Waals surface area contributed by atoms with Crippen molar-refractivity contribution in [2.75, 3.05) is 18.1 Å². The molecule has 0 saturated heterocycles. The van der Waals surface area contributed by atoms with Gasteiger partial charge in [-0.25, -0.2) is 0 Å². The molecule has 0 saturated carbocycles. The van der Waals surface area contributed by atoms with Crippen molar-refractivity contribution in [3.63, 3.8) is 0 Å². The summed E-state index contributed by atoms with van der Waals surface area (Å²) < 4.78 is 55.4. The van der Waals surface area contributed by atoms with Crippen LogP contribution in [0.3, 0.4) is 0 Å². The maximum Gasteiger partial charge on any atom is 0.261 e. The first kappa shape index (κ1) is 36.4. The zero-order valence-electron chi connectivity index (χ0n) is 21.4. The highest BCUT2D eigenvalue weighted by Crippen LogP contribution is 2.55. The Morgan fingerprint density at radius 3 is 1.89 bits per heavy atom. The number of azo groups is 1. The Labute approximate surface area is 222 Å². The van der Waals surface area contributed by atoms with Crippen LogP contribution in [-0.4, -0.2) is 44.5 Å². The van der Waals surface area contributed by atoms with Crippen LogP contribution in [0.25, 0.3) is 10.8 Å². The van der Waals surface area contributed by atoms with Crippen molar-refractivity contribution in [1.82, 2.24) is 0 Å². The molecule has 0 amide bonds. The number of anilines is 1. The smallest absolute Gasteiger partial charge is 0.261 e. The Morgan fingerprint density at radius 1 is 0.865 bits per heavy atom. The zero-order chi connectivity index (χ0) is 27.9. The number of fused-ring (bicyclic) bond motifs is 1. The molecule has 0 unspecified atom stereocenters. The van der Waals surface area contributed by atoms with Crippen LogP contribution in [0.15, 0.2) is 69.7 Å². The third-order valence-corrected chi connectivity index (χ3v) is 4.86. The van der Waals surface area contributed by atoms with E-state index in [0.29, 0.717) is 34.9 Å². The van der Waals surface area contributed by atoms with E-state index in [4.69, 9.17) is 4.55 Å². The van der Waals surface area contributed by atoms with Gasteiger partial charge in [-0.15, -0.1) is 5.11 Å². The molecule has 0 aliphatic carbocycles. The van der Waals surface area contributed by atoms with Gasteiger partial charge in [-0.05, 0) is 36.1 Å². The highest BCUT2D eigenvalue weighted by Gasteiger charge is 2.26. The zero-order valence-corrected chi connectivity index (χ0v) is 23.0. The topological polar surface area (TPSA) is 172 Å². The largest absolute Gasteiger partial charge is 0.505 e. The third kappa shape index (κ3) is 12.9. The van der Waals surface area contributed by atoms with Crippen molar-refractivity contribution in [3.8, 4) is 5.75 Å². The van der Waals surface area contributed by atoms with E-state index in [-0.39, 0.29) is 23.8 Å². The third-order valence-electron chi connectivity index (χ3n) is 3.96. The Bertz CT molecular complexity index is 1190. The fraction of sp³-hybridized carbons (Fsp3) is 0.360. The molecule has 0 radical (unpaired) electrons. The quantitative estimate of drug-likeness (QED) is 0.129. The van der Waals surface area contributed by atoms with Gasteiger partial charge in [-0.2, -0.15) is 13.5 Å². The van der Waals surface area contributed by atoms with Crippen molar-refractivity contribution < 1.29 is 31.7 Å². The molecule has 0 bridgehead atoms. The molecular weight excluding hydrogens is 518 g/mol. The molecule has 0 fully saturated rings. The van der Waals surface area contributed by atoms with Crippen LogP contribution in [0.1, 0.15) is 48.5 Å². The highest BCUT2D eigenvalue weighted by molar-refractivity contribution is 8.19. The average Bonchev–Trinajstić information content (AvgIpc) is 2.83. The molecule has 0 aliphatic rings. The maximum absolute atomic E-state index is 10.8. The van der Waals surface area contributed by atoms with Crippen LogP contribution >= 0.6 is 10.9 Å². The molecule has 0 spiro atoms. The molecule has 0 aromatic heterocycles. The number of hydrogen-bond donors (Lipinski definition) is 6. The fourth-order valence-electron chi connectivity index (χ4n) is 2.71. The van der Waals surface area contributed by atoms with Crippen LogP contribution in [0.4, 0.5) is 17.1 Å². The SMILES string of the molecule is C.CC.CC.CCCNc1cccc2cc(S(O)(O)O)c(N=Nc3ccccc3)c(O)c12.CS(=O)(=O)O. The van der Waals surface area contributed by atoms with Gasteiger partial charge >= 0.3 is 0 Å². The lowest BCUT2D eigenvalue weighted by atomic mass is 10.1. The van der Waals surface area contributed by atoms with E-state index in [1.165, 1.54) is 6.07 Å². The Balaban J connectivity index is 0. The molecule has 210 valence electrons. The summed E-state index contributed by atoms with van der Waals surface area (Å²) in [4.78, 5) is -0.278. The number of aromatic hydroxyl groups is 1. The number of hydrogen-bond acceptors (Lipinski definition) is 9.